The van der Waals surface area contributed by atoms with E-state index in [1.165, 1.54) is 0 Å². The van der Waals surface area contributed by atoms with Crippen LogP contribution in [-0.4, -0.2) is 14.2 Å². The zero-order valence-electron chi connectivity index (χ0n) is 11.4. The van der Waals surface area contributed by atoms with Gasteiger partial charge in [-0.1, -0.05) is 6.07 Å². The smallest absolute Gasteiger partial charge is 0.145 e. The summed E-state index contributed by atoms with van der Waals surface area (Å²) in [5, 5.41) is 3.32. The molecule has 0 heterocycles. The second kappa shape index (κ2) is 5.52. The van der Waals surface area contributed by atoms with Gasteiger partial charge in [0.05, 0.1) is 19.9 Å². The highest BCUT2D eigenvalue weighted by Gasteiger charge is 2.07. The molecule has 0 saturated heterocycles. The van der Waals surface area contributed by atoms with Gasteiger partial charge in [0.1, 0.15) is 11.5 Å². The molecule has 0 aromatic heterocycles. The average Bonchev–Trinajstić information content (AvgIpc) is 2.43. The number of nitrogen functional groups attached to an aromatic ring is 1. The van der Waals surface area contributed by atoms with Crippen molar-refractivity contribution in [3.8, 4) is 11.5 Å². The molecule has 0 aliphatic heterocycles. The van der Waals surface area contributed by atoms with Gasteiger partial charge in [0, 0.05) is 17.4 Å². The second-order valence-corrected chi connectivity index (χ2v) is 4.27. The van der Waals surface area contributed by atoms with E-state index >= 15 is 0 Å². The molecule has 0 radical (unpaired) electrons. The van der Waals surface area contributed by atoms with E-state index in [-0.39, 0.29) is 0 Å². The SMILES string of the molecule is COc1ccc(Nc2cc(N)ccc2C)c(OC)c1. The number of nitrogens with two attached hydrogens (primary N) is 1. The highest BCUT2D eigenvalue weighted by Crippen LogP contribution is 2.32. The molecule has 3 N–H and O–H groups in total. The van der Waals surface area contributed by atoms with Crippen LogP contribution in [0.5, 0.6) is 11.5 Å². The van der Waals surface area contributed by atoms with E-state index in [2.05, 4.69) is 5.32 Å². The Bertz CT molecular complexity index is 582. The quantitative estimate of drug-likeness (QED) is 0.826. The van der Waals surface area contributed by atoms with Crippen molar-refractivity contribution >= 4 is 17.1 Å². The maximum Gasteiger partial charge on any atom is 0.145 e. The van der Waals surface area contributed by atoms with Gasteiger partial charge in [0.15, 0.2) is 0 Å². The molecule has 0 spiro atoms. The van der Waals surface area contributed by atoms with Crippen LogP contribution in [0, 0.1) is 6.92 Å². The van der Waals surface area contributed by atoms with Crippen molar-refractivity contribution in [3.05, 3.63) is 42.0 Å². The lowest BCUT2D eigenvalue weighted by Crippen LogP contribution is -1.98. The lowest BCUT2D eigenvalue weighted by molar-refractivity contribution is 0.395. The molecule has 2 rings (SSSR count). The lowest BCUT2D eigenvalue weighted by Gasteiger charge is -2.14. The molecular weight excluding hydrogens is 240 g/mol. The maximum absolute atomic E-state index is 5.81. The van der Waals surface area contributed by atoms with Gasteiger partial charge in [0.2, 0.25) is 0 Å². The monoisotopic (exact) mass is 258 g/mol. The minimum atomic E-state index is 0.723. The van der Waals surface area contributed by atoms with Gasteiger partial charge in [-0.3, -0.25) is 0 Å². The number of hydrogen-bond donors (Lipinski definition) is 2. The fourth-order valence-electron chi connectivity index (χ4n) is 1.82. The minimum Gasteiger partial charge on any atom is -0.497 e. The van der Waals surface area contributed by atoms with Crippen LogP contribution in [0.25, 0.3) is 0 Å². The highest BCUT2D eigenvalue weighted by molar-refractivity contribution is 5.71. The normalized spacial score (nSPS) is 10.1. The van der Waals surface area contributed by atoms with Crippen LogP contribution in [0.3, 0.4) is 0 Å². The molecule has 4 nitrogen and oxygen atoms in total. The van der Waals surface area contributed by atoms with Crippen LogP contribution in [0.4, 0.5) is 17.1 Å². The number of aryl methyl sites for hydroxylation is 1. The third-order valence-electron chi connectivity index (χ3n) is 2.94. The Hall–Kier alpha value is -2.36. The summed E-state index contributed by atoms with van der Waals surface area (Å²) in [6, 6.07) is 11.4. The number of ether oxygens (including phenoxy) is 2. The molecule has 19 heavy (non-hydrogen) atoms. The summed E-state index contributed by atoms with van der Waals surface area (Å²) in [5.41, 5.74) is 9.48. The number of benzene rings is 2. The molecule has 0 atom stereocenters. The van der Waals surface area contributed by atoms with Gasteiger partial charge < -0.3 is 20.5 Å². The van der Waals surface area contributed by atoms with Crippen LogP contribution in [-0.2, 0) is 0 Å². The van der Waals surface area contributed by atoms with Crippen molar-refractivity contribution in [3.63, 3.8) is 0 Å². The third-order valence-corrected chi connectivity index (χ3v) is 2.94. The summed E-state index contributed by atoms with van der Waals surface area (Å²) in [6.45, 7) is 2.03. The highest BCUT2D eigenvalue weighted by atomic mass is 16.5. The van der Waals surface area contributed by atoms with Gasteiger partial charge in [-0.15, -0.1) is 0 Å². The molecule has 0 amide bonds. The molecule has 2 aromatic rings. The van der Waals surface area contributed by atoms with E-state index in [0.29, 0.717) is 0 Å². The van der Waals surface area contributed by atoms with Gasteiger partial charge >= 0.3 is 0 Å². The van der Waals surface area contributed by atoms with Crippen molar-refractivity contribution in [2.75, 3.05) is 25.3 Å². The Morgan fingerprint density at radius 1 is 0.947 bits per heavy atom. The van der Waals surface area contributed by atoms with Crippen molar-refractivity contribution in [2.45, 2.75) is 6.92 Å². The van der Waals surface area contributed by atoms with Crippen molar-refractivity contribution in [2.24, 2.45) is 0 Å². The summed E-state index contributed by atoms with van der Waals surface area (Å²) >= 11 is 0. The number of rotatable bonds is 4. The Labute approximate surface area is 113 Å². The maximum atomic E-state index is 5.81. The standard InChI is InChI=1S/C15H18N2O2/c1-10-4-5-11(16)8-14(10)17-13-7-6-12(18-2)9-15(13)19-3/h4-9,17H,16H2,1-3H3. The van der Waals surface area contributed by atoms with E-state index in [9.17, 15) is 0 Å². The molecule has 4 heteroatoms. The number of methoxy groups -OCH3 is 2. The van der Waals surface area contributed by atoms with Crippen LogP contribution < -0.4 is 20.5 Å². The first-order valence-corrected chi connectivity index (χ1v) is 5.99. The molecule has 0 bridgehead atoms. The molecule has 0 aliphatic rings. The largest absolute Gasteiger partial charge is 0.497 e. The molecular formula is C15H18N2O2. The van der Waals surface area contributed by atoms with Crippen molar-refractivity contribution in [1.29, 1.82) is 0 Å². The van der Waals surface area contributed by atoms with Crippen LogP contribution in [0.1, 0.15) is 5.56 Å². The molecule has 0 fully saturated rings. The zero-order valence-corrected chi connectivity index (χ0v) is 11.4. The predicted molar refractivity (Wildman–Crippen MR) is 78.4 cm³/mol. The molecule has 0 aliphatic carbocycles. The first kappa shape index (κ1) is 13.1. The molecule has 2 aromatic carbocycles. The Balaban J connectivity index is 2.35. The fourth-order valence-corrected chi connectivity index (χ4v) is 1.82. The van der Waals surface area contributed by atoms with Gasteiger partial charge in [-0.05, 0) is 36.8 Å². The Morgan fingerprint density at radius 2 is 1.74 bits per heavy atom. The summed E-state index contributed by atoms with van der Waals surface area (Å²) in [6.07, 6.45) is 0. The van der Waals surface area contributed by atoms with E-state index in [4.69, 9.17) is 15.2 Å². The predicted octanol–water partition coefficient (Wildman–Crippen LogP) is 3.34. The summed E-state index contributed by atoms with van der Waals surface area (Å²) in [4.78, 5) is 0. The fraction of sp³-hybridized carbons (Fsp3) is 0.200. The first-order valence-electron chi connectivity index (χ1n) is 5.99. The van der Waals surface area contributed by atoms with Crippen molar-refractivity contribution in [1.82, 2.24) is 0 Å². The minimum absolute atomic E-state index is 0.723. The van der Waals surface area contributed by atoms with Gasteiger partial charge in [-0.25, -0.2) is 0 Å². The number of hydrogen-bond acceptors (Lipinski definition) is 4. The van der Waals surface area contributed by atoms with Crippen LogP contribution >= 0.6 is 0 Å². The van der Waals surface area contributed by atoms with Gasteiger partial charge in [-0.2, -0.15) is 0 Å². The van der Waals surface area contributed by atoms with Crippen molar-refractivity contribution < 1.29 is 9.47 Å². The topological polar surface area (TPSA) is 56.5 Å². The van der Waals surface area contributed by atoms with E-state index < -0.39 is 0 Å². The summed E-state index contributed by atoms with van der Waals surface area (Å²) in [5.74, 6) is 1.48. The van der Waals surface area contributed by atoms with E-state index in [1.807, 2.05) is 43.3 Å². The summed E-state index contributed by atoms with van der Waals surface area (Å²) < 4.78 is 10.5. The Kier molecular flexibility index (Phi) is 3.80. The first-order chi connectivity index (χ1) is 9.13. The lowest BCUT2D eigenvalue weighted by atomic mass is 10.1. The zero-order chi connectivity index (χ0) is 13.8. The van der Waals surface area contributed by atoms with E-state index in [1.54, 1.807) is 14.2 Å². The number of anilines is 3. The summed E-state index contributed by atoms with van der Waals surface area (Å²) in [7, 11) is 3.26. The Morgan fingerprint density at radius 3 is 2.42 bits per heavy atom. The second-order valence-electron chi connectivity index (χ2n) is 4.27. The molecule has 0 saturated carbocycles. The van der Waals surface area contributed by atoms with Gasteiger partial charge in [0.25, 0.3) is 0 Å². The average molecular weight is 258 g/mol. The number of nitrogens with one attached hydrogen (secondary N) is 1. The van der Waals surface area contributed by atoms with Crippen LogP contribution in [0.2, 0.25) is 0 Å². The molecule has 100 valence electrons. The molecule has 0 unspecified atom stereocenters. The van der Waals surface area contributed by atoms with Crippen LogP contribution in [0.15, 0.2) is 36.4 Å². The van der Waals surface area contributed by atoms with E-state index in [0.717, 1.165) is 34.1 Å². The third kappa shape index (κ3) is 2.91.